The van der Waals surface area contributed by atoms with Gasteiger partial charge in [0.15, 0.2) is 0 Å². The largest absolute Gasteiger partial charge is 0.508 e. The predicted molar refractivity (Wildman–Crippen MR) is 133 cm³/mol. The molecule has 0 fully saturated rings. The minimum absolute atomic E-state index is 0.125. The Morgan fingerprint density at radius 2 is 1.63 bits per heavy atom. The van der Waals surface area contributed by atoms with Gasteiger partial charge >= 0.3 is 12.2 Å². The van der Waals surface area contributed by atoms with Crippen molar-refractivity contribution in [3.8, 4) is 11.5 Å². The molecule has 2 aromatic carbocycles. The highest BCUT2D eigenvalue weighted by atomic mass is 16.6. The van der Waals surface area contributed by atoms with Crippen molar-refractivity contribution in [2.75, 3.05) is 27.2 Å². The third kappa shape index (κ3) is 10.1. The summed E-state index contributed by atoms with van der Waals surface area (Å²) in [5, 5.41) is 18.3. The van der Waals surface area contributed by atoms with Gasteiger partial charge in [-0.3, -0.25) is 4.79 Å². The molecule has 2 aromatic rings. The fourth-order valence-electron chi connectivity index (χ4n) is 2.99. The molecule has 0 bridgehead atoms. The molecule has 1 atom stereocenters. The molecule has 2 rings (SSSR count). The Morgan fingerprint density at radius 3 is 2.11 bits per heavy atom. The molecule has 0 saturated carbocycles. The van der Waals surface area contributed by atoms with Crippen LogP contribution in [0.5, 0.6) is 11.5 Å². The third-order valence-corrected chi connectivity index (χ3v) is 4.62. The van der Waals surface area contributed by atoms with Crippen LogP contribution in [0.1, 0.15) is 56.1 Å². The van der Waals surface area contributed by atoms with Crippen molar-refractivity contribution in [2.45, 2.75) is 45.8 Å². The Balaban J connectivity index is 0.000000566. The number of aliphatic hydroxyl groups excluding tert-OH is 1. The van der Waals surface area contributed by atoms with Crippen molar-refractivity contribution in [3.05, 3.63) is 59.7 Å². The van der Waals surface area contributed by atoms with Gasteiger partial charge < -0.3 is 29.5 Å². The first-order valence-corrected chi connectivity index (χ1v) is 11.3. The topological polar surface area (TPSA) is 117 Å². The first-order chi connectivity index (χ1) is 16.4. The molecule has 2 amide bonds. The Hall–Kier alpha value is -3.59. The lowest BCUT2D eigenvalue weighted by molar-refractivity contribution is 0.0144. The molecule has 1 unspecified atom stereocenters. The predicted octanol–water partition coefficient (Wildman–Crippen LogP) is 4.63. The number of amides is 2. The molecule has 2 N–H and O–H groups in total. The second-order valence-electron chi connectivity index (χ2n) is 8.80. The van der Waals surface area contributed by atoms with Gasteiger partial charge in [0.25, 0.3) is 0 Å². The summed E-state index contributed by atoms with van der Waals surface area (Å²) in [6, 6.07) is 12.6. The smallest absolute Gasteiger partial charge is 0.414 e. The van der Waals surface area contributed by atoms with E-state index in [4.69, 9.17) is 14.6 Å². The lowest BCUT2D eigenvalue weighted by Crippen LogP contribution is -2.39. The number of aromatic hydroxyl groups is 1. The standard InChI is InChI=1S/C19H30N2O5.C7H6O2/c1-7-21(18(24)26-19(2,3)4)15(12-13-22)14-10-8-9-11-16(14)25-17(23)20(5)6;8-5-6-1-3-7(9)4-2-6/h8-11,15,22H,7,12-13H2,1-6H3;1-5,9H. The van der Waals surface area contributed by atoms with Gasteiger partial charge in [0, 0.05) is 38.4 Å². The molecule has 35 heavy (non-hydrogen) atoms. The van der Waals surface area contributed by atoms with Crippen LogP contribution in [0.25, 0.3) is 0 Å². The van der Waals surface area contributed by atoms with Crippen LogP contribution in [-0.2, 0) is 4.74 Å². The van der Waals surface area contributed by atoms with Crippen molar-refractivity contribution in [3.63, 3.8) is 0 Å². The van der Waals surface area contributed by atoms with Crippen molar-refractivity contribution < 1.29 is 34.1 Å². The Morgan fingerprint density at radius 1 is 1.03 bits per heavy atom. The quantitative estimate of drug-likeness (QED) is 0.546. The van der Waals surface area contributed by atoms with E-state index >= 15 is 0 Å². The van der Waals surface area contributed by atoms with Gasteiger partial charge in [-0.15, -0.1) is 0 Å². The number of benzene rings is 2. The second-order valence-corrected chi connectivity index (χ2v) is 8.80. The molecular formula is C26H36N2O7. The summed E-state index contributed by atoms with van der Waals surface area (Å²) >= 11 is 0. The monoisotopic (exact) mass is 488 g/mol. The van der Waals surface area contributed by atoms with Crippen LogP contribution in [-0.4, -0.2) is 71.3 Å². The maximum atomic E-state index is 12.6. The number of carbonyl (C=O) groups is 3. The first kappa shape index (κ1) is 29.4. The zero-order chi connectivity index (χ0) is 26.6. The first-order valence-electron chi connectivity index (χ1n) is 11.3. The van der Waals surface area contributed by atoms with E-state index in [9.17, 15) is 19.5 Å². The molecule has 0 aliphatic heterocycles. The van der Waals surface area contributed by atoms with Gasteiger partial charge in [0.2, 0.25) is 0 Å². The number of aldehydes is 1. The lowest BCUT2D eigenvalue weighted by Gasteiger charge is -2.33. The van der Waals surface area contributed by atoms with Gasteiger partial charge in [0.05, 0.1) is 6.04 Å². The SMILES string of the molecule is CCN(C(=O)OC(C)(C)C)C(CCO)c1ccccc1OC(=O)N(C)C.O=Cc1ccc(O)cc1. The number of nitrogens with zero attached hydrogens (tertiary/aromatic N) is 2. The summed E-state index contributed by atoms with van der Waals surface area (Å²) in [5.74, 6) is 0.534. The average Bonchev–Trinajstić information content (AvgIpc) is 2.79. The molecule has 9 heteroatoms. The third-order valence-electron chi connectivity index (χ3n) is 4.62. The van der Waals surface area contributed by atoms with Gasteiger partial charge in [-0.1, -0.05) is 18.2 Å². The number of hydrogen-bond acceptors (Lipinski definition) is 7. The van der Waals surface area contributed by atoms with E-state index in [1.165, 1.54) is 21.9 Å². The summed E-state index contributed by atoms with van der Waals surface area (Å²) < 4.78 is 10.9. The molecule has 0 saturated heterocycles. The summed E-state index contributed by atoms with van der Waals surface area (Å²) in [4.78, 5) is 37.5. The minimum atomic E-state index is -0.634. The molecule has 0 aromatic heterocycles. The van der Waals surface area contributed by atoms with E-state index in [1.807, 2.05) is 6.92 Å². The van der Waals surface area contributed by atoms with Gasteiger partial charge in [-0.2, -0.15) is 0 Å². The van der Waals surface area contributed by atoms with Crippen LogP contribution >= 0.6 is 0 Å². The number of ether oxygens (including phenoxy) is 2. The van der Waals surface area contributed by atoms with E-state index in [1.54, 1.807) is 71.3 Å². The highest BCUT2D eigenvalue weighted by molar-refractivity contribution is 5.74. The van der Waals surface area contributed by atoms with Crippen LogP contribution < -0.4 is 4.74 Å². The van der Waals surface area contributed by atoms with E-state index in [0.717, 1.165) is 6.29 Å². The Kier molecular flexibility index (Phi) is 11.7. The number of hydrogen-bond donors (Lipinski definition) is 2. The van der Waals surface area contributed by atoms with Crippen molar-refractivity contribution >= 4 is 18.5 Å². The van der Waals surface area contributed by atoms with Crippen molar-refractivity contribution in [2.24, 2.45) is 0 Å². The molecule has 9 nitrogen and oxygen atoms in total. The molecular weight excluding hydrogens is 452 g/mol. The summed E-state index contributed by atoms with van der Waals surface area (Å²) in [6.45, 7) is 7.49. The van der Waals surface area contributed by atoms with Crippen molar-refractivity contribution in [1.29, 1.82) is 0 Å². The highest BCUT2D eigenvalue weighted by Crippen LogP contribution is 2.33. The van der Waals surface area contributed by atoms with Crippen LogP contribution in [0.4, 0.5) is 9.59 Å². The zero-order valence-corrected chi connectivity index (χ0v) is 21.2. The van der Waals surface area contributed by atoms with Gasteiger partial charge in [-0.05, 0) is 64.4 Å². The molecule has 0 heterocycles. The fraction of sp³-hybridized carbons (Fsp3) is 0.423. The normalized spacial score (nSPS) is 11.4. The maximum Gasteiger partial charge on any atom is 0.414 e. The van der Waals surface area contributed by atoms with Crippen LogP contribution in [0.3, 0.4) is 0 Å². The average molecular weight is 489 g/mol. The molecule has 0 aliphatic carbocycles. The molecule has 0 spiro atoms. The van der Waals surface area contributed by atoms with E-state index in [0.29, 0.717) is 29.8 Å². The molecule has 0 radical (unpaired) electrons. The van der Waals surface area contributed by atoms with Crippen LogP contribution in [0.2, 0.25) is 0 Å². The van der Waals surface area contributed by atoms with Gasteiger partial charge in [0.1, 0.15) is 23.4 Å². The van der Waals surface area contributed by atoms with Crippen LogP contribution in [0.15, 0.2) is 48.5 Å². The van der Waals surface area contributed by atoms with Crippen molar-refractivity contribution in [1.82, 2.24) is 9.80 Å². The fourth-order valence-corrected chi connectivity index (χ4v) is 2.99. The second kappa shape index (κ2) is 14.0. The van der Waals surface area contributed by atoms with Gasteiger partial charge in [-0.25, -0.2) is 9.59 Å². The Bertz CT molecular complexity index is 953. The number of phenols is 1. The number of para-hydroxylation sites is 1. The lowest BCUT2D eigenvalue weighted by atomic mass is 10.0. The van der Waals surface area contributed by atoms with E-state index < -0.39 is 23.8 Å². The highest BCUT2D eigenvalue weighted by Gasteiger charge is 2.30. The molecule has 0 aliphatic rings. The Labute approximate surface area is 206 Å². The molecule has 192 valence electrons. The summed E-state index contributed by atoms with van der Waals surface area (Å²) in [7, 11) is 3.18. The number of rotatable bonds is 7. The van der Waals surface area contributed by atoms with E-state index in [-0.39, 0.29) is 12.4 Å². The zero-order valence-electron chi connectivity index (χ0n) is 21.2. The minimum Gasteiger partial charge on any atom is -0.508 e. The van der Waals surface area contributed by atoms with E-state index in [2.05, 4.69) is 0 Å². The number of carbonyl (C=O) groups excluding carboxylic acids is 3. The number of aliphatic hydroxyl groups is 1. The summed E-state index contributed by atoms with van der Waals surface area (Å²) in [6.07, 6.45) is 0.0379. The maximum absolute atomic E-state index is 12.6. The summed E-state index contributed by atoms with van der Waals surface area (Å²) in [5.41, 5.74) is 0.586. The van der Waals surface area contributed by atoms with Crippen LogP contribution in [0, 0.1) is 0 Å². The number of phenolic OH excluding ortho intramolecular Hbond substituents is 1.